The Labute approximate surface area is 75.4 Å². The molecule has 2 atom stereocenters. The summed E-state index contributed by atoms with van der Waals surface area (Å²) in [6.07, 6.45) is 0. The van der Waals surface area contributed by atoms with E-state index in [2.05, 4.69) is 10.1 Å². The van der Waals surface area contributed by atoms with Crippen LogP contribution in [0.2, 0.25) is 0 Å². The number of rotatable bonds is 2. The molecule has 1 heterocycles. The molecule has 0 aromatic heterocycles. The highest BCUT2D eigenvalue weighted by Crippen LogP contribution is 2.12. The number of carbonyl (C=O) groups is 3. The molecule has 0 bridgehead atoms. The molecule has 72 valence electrons. The maximum atomic E-state index is 11.2. The van der Waals surface area contributed by atoms with E-state index in [-0.39, 0.29) is 6.61 Å². The van der Waals surface area contributed by atoms with Gasteiger partial charge in [-0.2, -0.15) is 0 Å². The lowest BCUT2D eigenvalue weighted by Gasteiger charge is -2.04. The van der Waals surface area contributed by atoms with Crippen molar-refractivity contribution >= 4 is 17.7 Å². The van der Waals surface area contributed by atoms with E-state index in [1.165, 1.54) is 0 Å². The van der Waals surface area contributed by atoms with Crippen LogP contribution < -0.4 is 5.32 Å². The van der Waals surface area contributed by atoms with Crippen molar-refractivity contribution in [2.45, 2.75) is 19.9 Å². The molecule has 1 rings (SSSR count). The second kappa shape index (κ2) is 3.55. The van der Waals surface area contributed by atoms with Crippen molar-refractivity contribution in [1.29, 1.82) is 0 Å². The van der Waals surface area contributed by atoms with Gasteiger partial charge in [-0.3, -0.25) is 14.4 Å². The van der Waals surface area contributed by atoms with Gasteiger partial charge in [0, 0.05) is 0 Å². The molecule has 1 unspecified atom stereocenters. The fourth-order valence-electron chi connectivity index (χ4n) is 1.20. The minimum atomic E-state index is -1.25. The number of Topliss-reactive ketones (excluding diaryl/α,β-unsaturated/α-hetero) is 1. The molecule has 0 aliphatic carbocycles. The lowest BCUT2D eigenvalue weighted by molar-refractivity contribution is -0.152. The Kier molecular flexibility index (Phi) is 2.65. The predicted molar refractivity (Wildman–Crippen MR) is 42.7 cm³/mol. The fourth-order valence-corrected chi connectivity index (χ4v) is 1.20. The molecule has 1 saturated heterocycles. The Bertz CT molecular complexity index is 261. The van der Waals surface area contributed by atoms with Crippen LogP contribution in [0.5, 0.6) is 0 Å². The van der Waals surface area contributed by atoms with Gasteiger partial charge in [0.05, 0.1) is 12.6 Å². The maximum absolute atomic E-state index is 11.2. The third-order valence-corrected chi connectivity index (χ3v) is 1.85. The summed E-state index contributed by atoms with van der Waals surface area (Å²) in [7, 11) is 0. The molecule has 1 amide bonds. The number of hydrogen-bond acceptors (Lipinski definition) is 4. The third-order valence-electron chi connectivity index (χ3n) is 1.85. The lowest BCUT2D eigenvalue weighted by Crippen LogP contribution is -2.29. The van der Waals surface area contributed by atoms with Crippen LogP contribution in [-0.4, -0.2) is 30.3 Å². The van der Waals surface area contributed by atoms with Crippen LogP contribution in [0.15, 0.2) is 0 Å². The SMILES string of the molecule is CCOC(=O)C1C(=O)N[C@@H](C)C1=O. The summed E-state index contributed by atoms with van der Waals surface area (Å²) in [6.45, 7) is 3.34. The van der Waals surface area contributed by atoms with Gasteiger partial charge in [-0.05, 0) is 13.8 Å². The van der Waals surface area contributed by atoms with Gasteiger partial charge in [-0.1, -0.05) is 0 Å². The van der Waals surface area contributed by atoms with Crippen LogP contribution in [0, 0.1) is 5.92 Å². The first kappa shape index (κ1) is 9.70. The van der Waals surface area contributed by atoms with E-state index in [4.69, 9.17) is 0 Å². The van der Waals surface area contributed by atoms with Crippen molar-refractivity contribution in [2.75, 3.05) is 6.61 Å². The molecule has 1 aliphatic rings. The number of carbonyl (C=O) groups excluding carboxylic acids is 3. The van der Waals surface area contributed by atoms with E-state index in [0.717, 1.165) is 0 Å². The predicted octanol–water partition coefficient (Wildman–Crippen LogP) is -0.747. The summed E-state index contributed by atoms with van der Waals surface area (Å²) in [5, 5.41) is 2.37. The molecule has 13 heavy (non-hydrogen) atoms. The van der Waals surface area contributed by atoms with Gasteiger partial charge in [0.2, 0.25) is 5.91 Å². The largest absolute Gasteiger partial charge is 0.465 e. The Hall–Kier alpha value is -1.39. The van der Waals surface area contributed by atoms with Crippen molar-refractivity contribution in [3.8, 4) is 0 Å². The minimum Gasteiger partial charge on any atom is -0.465 e. The molecule has 0 saturated carbocycles. The molecule has 1 aliphatic heterocycles. The molecule has 0 aromatic carbocycles. The summed E-state index contributed by atoms with van der Waals surface area (Å²) < 4.78 is 4.59. The van der Waals surface area contributed by atoms with E-state index in [0.29, 0.717) is 0 Å². The molecular formula is C8H11NO4. The molecule has 0 spiro atoms. The highest BCUT2D eigenvalue weighted by molar-refractivity contribution is 6.22. The molecule has 0 aromatic rings. The Morgan fingerprint density at radius 2 is 2.15 bits per heavy atom. The summed E-state index contributed by atoms with van der Waals surface area (Å²) in [4.78, 5) is 33.4. The fraction of sp³-hybridized carbons (Fsp3) is 0.625. The first-order chi connectivity index (χ1) is 6.07. The third kappa shape index (κ3) is 1.68. The first-order valence-electron chi connectivity index (χ1n) is 4.08. The number of amides is 1. The zero-order chi connectivity index (χ0) is 10.0. The summed E-state index contributed by atoms with van der Waals surface area (Å²) in [6, 6.07) is -0.582. The van der Waals surface area contributed by atoms with Gasteiger partial charge in [-0.25, -0.2) is 0 Å². The summed E-state index contributed by atoms with van der Waals surface area (Å²) >= 11 is 0. The Morgan fingerprint density at radius 3 is 2.54 bits per heavy atom. The summed E-state index contributed by atoms with van der Waals surface area (Å²) in [5.41, 5.74) is 0. The monoisotopic (exact) mass is 185 g/mol. The standard InChI is InChI=1S/C8H11NO4/c1-3-13-8(12)5-6(10)4(2)9-7(5)11/h4-5H,3H2,1-2H3,(H,9,11)/t4-,5?/m0/s1. The van der Waals surface area contributed by atoms with Gasteiger partial charge in [0.15, 0.2) is 11.7 Å². The van der Waals surface area contributed by atoms with Gasteiger partial charge >= 0.3 is 5.97 Å². The van der Waals surface area contributed by atoms with Crippen LogP contribution in [0.4, 0.5) is 0 Å². The van der Waals surface area contributed by atoms with Crippen molar-refractivity contribution in [1.82, 2.24) is 5.32 Å². The maximum Gasteiger partial charge on any atom is 0.326 e. The van der Waals surface area contributed by atoms with Crippen LogP contribution in [0.25, 0.3) is 0 Å². The molecule has 5 nitrogen and oxygen atoms in total. The number of esters is 1. The Morgan fingerprint density at radius 1 is 1.54 bits per heavy atom. The highest BCUT2D eigenvalue weighted by atomic mass is 16.5. The minimum absolute atomic E-state index is 0.171. The topological polar surface area (TPSA) is 72.5 Å². The average molecular weight is 185 g/mol. The number of nitrogens with one attached hydrogen (secondary N) is 1. The highest BCUT2D eigenvalue weighted by Gasteiger charge is 2.44. The number of ketones is 1. The second-order valence-corrected chi connectivity index (χ2v) is 2.82. The van der Waals surface area contributed by atoms with Crippen LogP contribution in [0.1, 0.15) is 13.8 Å². The van der Waals surface area contributed by atoms with Gasteiger partial charge in [0.1, 0.15) is 0 Å². The molecule has 0 radical (unpaired) electrons. The van der Waals surface area contributed by atoms with Crippen LogP contribution >= 0.6 is 0 Å². The van der Waals surface area contributed by atoms with Crippen molar-refractivity contribution in [2.24, 2.45) is 5.92 Å². The smallest absolute Gasteiger partial charge is 0.326 e. The Balaban J connectivity index is 2.74. The van der Waals surface area contributed by atoms with E-state index < -0.39 is 29.6 Å². The number of hydrogen-bond donors (Lipinski definition) is 1. The van der Waals surface area contributed by atoms with Crippen molar-refractivity contribution in [3.05, 3.63) is 0 Å². The van der Waals surface area contributed by atoms with Gasteiger partial charge < -0.3 is 10.1 Å². The van der Waals surface area contributed by atoms with Gasteiger partial charge in [-0.15, -0.1) is 0 Å². The molecule has 1 fully saturated rings. The zero-order valence-corrected chi connectivity index (χ0v) is 7.49. The van der Waals surface area contributed by atoms with E-state index >= 15 is 0 Å². The molecular weight excluding hydrogens is 174 g/mol. The first-order valence-corrected chi connectivity index (χ1v) is 4.08. The average Bonchev–Trinajstić information content (AvgIpc) is 2.27. The zero-order valence-electron chi connectivity index (χ0n) is 7.49. The lowest BCUT2D eigenvalue weighted by atomic mass is 10.0. The van der Waals surface area contributed by atoms with Crippen molar-refractivity contribution in [3.63, 3.8) is 0 Å². The van der Waals surface area contributed by atoms with Crippen molar-refractivity contribution < 1.29 is 19.1 Å². The van der Waals surface area contributed by atoms with E-state index in [1.54, 1.807) is 13.8 Å². The quantitative estimate of drug-likeness (QED) is 0.454. The number of ether oxygens (including phenoxy) is 1. The second-order valence-electron chi connectivity index (χ2n) is 2.82. The normalized spacial score (nSPS) is 27.2. The van der Waals surface area contributed by atoms with Crippen LogP contribution in [-0.2, 0) is 19.1 Å². The molecule has 1 N–H and O–H groups in total. The summed E-state index contributed by atoms with van der Waals surface area (Å²) in [5.74, 6) is -2.98. The van der Waals surface area contributed by atoms with Gasteiger partial charge in [0.25, 0.3) is 0 Å². The van der Waals surface area contributed by atoms with Crippen LogP contribution in [0.3, 0.4) is 0 Å². The molecule has 5 heteroatoms. The van der Waals surface area contributed by atoms with E-state index in [9.17, 15) is 14.4 Å². The van der Waals surface area contributed by atoms with E-state index in [1.807, 2.05) is 0 Å².